The third kappa shape index (κ3) is 3.98. The number of piperazine rings is 1. The fourth-order valence-electron chi connectivity index (χ4n) is 3.66. The molecule has 0 bridgehead atoms. The van der Waals surface area contributed by atoms with Crippen LogP contribution in [0.5, 0.6) is 0 Å². The van der Waals surface area contributed by atoms with Crippen molar-refractivity contribution in [2.45, 2.75) is 19.0 Å². The van der Waals surface area contributed by atoms with Crippen LogP contribution in [0.3, 0.4) is 0 Å². The first-order valence-electron chi connectivity index (χ1n) is 8.64. The highest BCUT2D eigenvalue weighted by Gasteiger charge is 2.25. The molecule has 3 heterocycles. The fourth-order valence-corrected chi connectivity index (χ4v) is 3.66. The molecule has 4 rings (SSSR count). The number of nitrogens with zero attached hydrogens (tertiary/aromatic N) is 4. The normalized spacial score (nSPS) is 22.4. The van der Waals surface area contributed by atoms with E-state index < -0.39 is 0 Å². The number of rotatable bonds is 4. The molecule has 24 heavy (non-hydrogen) atoms. The van der Waals surface area contributed by atoms with Gasteiger partial charge in [0.15, 0.2) is 0 Å². The highest BCUT2D eigenvalue weighted by Crippen LogP contribution is 2.14. The van der Waals surface area contributed by atoms with E-state index in [4.69, 9.17) is 0 Å². The minimum Gasteiger partial charge on any atom is -0.315 e. The molecule has 1 aromatic heterocycles. The van der Waals surface area contributed by atoms with E-state index in [-0.39, 0.29) is 12.4 Å². The Morgan fingerprint density at radius 2 is 1.88 bits per heavy atom. The van der Waals surface area contributed by atoms with Gasteiger partial charge in [-0.25, -0.2) is 4.68 Å². The topological polar surface area (TPSA) is 36.3 Å². The number of hydrogen-bond donors (Lipinski definition) is 1. The van der Waals surface area contributed by atoms with Crippen molar-refractivity contribution >= 4 is 12.4 Å². The molecule has 130 valence electrons. The Kier molecular flexibility index (Phi) is 5.89. The van der Waals surface area contributed by atoms with Crippen molar-refractivity contribution in [2.24, 2.45) is 0 Å². The summed E-state index contributed by atoms with van der Waals surface area (Å²) < 4.78 is 1.97. The highest BCUT2D eigenvalue weighted by molar-refractivity contribution is 5.85. The number of benzene rings is 1. The number of nitrogens with one attached hydrogen (secondary N) is 1. The van der Waals surface area contributed by atoms with Crippen LogP contribution in [0.2, 0.25) is 0 Å². The smallest absolute Gasteiger partial charge is 0.0645 e. The lowest BCUT2D eigenvalue weighted by molar-refractivity contribution is 0.0981. The van der Waals surface area contributed by atoms with Gasteiger partial charge < -0.3 is 5.32 Å². The summed E-state index contributed by atoms with van der Waals surface area (Å²) in [6.45, 7) is 8.06. The van der Waals surface area contributed by atoms with Crippen LogP contribution < -0.4 is 5.32 Å². The molecule has 1 aromatic carbocycles. The Morgan fingerprint density at radius 1 is 1.08 bits per heavy atom. The van der Waals surface area contributed by atoms with Crippen molar-refractivity contribution in [2.75, 3.05) is 39.3 Å². The molecule has 0 spiro atoms. The van der Waals surface area contributed by atoms with Crippen LogP contribution in [-0.2, 0) is 6.54 Å². The number of aromatic nitrogens is 2. The number of para-hydroxylation sites is 1. The van der Waals surface area contributed by atoms with Gasteiger partial charge >= 0.3 is 0 Å². The average Bonchev–Trinajstić information content (AvgIpc) is 3.28. The Balaban J connectivity index is 0.00000169. The molecule has 2 aromatic rings. The molecule has 0 aliphatic carbocycles. The standard InChI is InChI=1S/C18H25N5.ClH/c1-2-4-17(5-3-1)23-15-16(12-20-23)14-21-8-10-22(11-9-21)18-6-7-19-13-18;/h1-5,12,15,18-19H,6-11,13-14H2;1H. The van der Waals surface area contributed by atoms with Gasteiger partial charge in [-0.1, -0.05) is 18.2 Å². The van der Waals surface area contributed by atoms with Gasteiger partial charge in [-0.2, -0.15) is 5.10 Å². The average molecular weight is 348 g/mol. The molecular weight excluding hydrogens is 322 g/mol. The zero-order valence-corrected chi connectivity index (χ0v) is 14.8. The lowest BCUT2D eigenvalue weighted by Gasteiger charge is -2.37. The van der Waals surface area contributed by atoms with Crippen molar-refractivity contribution in [3.8, 4) is 5.69 Å². The van der Waals surface area contributed by atoms with Gasteiger partial charge in [-0.15, -0.1) is 12.4 Å². The Hall–Kier alpha value is -1.40. The van der Waals surface area contributed by atoms with Gasteiger partial charge in [0.1, 0.15) is 0 Å². The maximum absolute atomic E-state index is 4.50. The maximum Gasteiger partial charge on any atom is 0.0645 e. The van der Waals surface area contributed by atoms with Crippen LogP contribution in [-0.4, -0.2) is 64.9 Å². The minimum atomic E-state index is 0. The summed E-state index contributed by atoms with van der Waals surface area (Å²) in [5.41, 5.74) is 2.42. The van der Waals surface area contributed by atoms with Crippen LogP contribution in [0.15, 0.2) is 42.7 Å². The lowest BCUT2D eigenvalue weighted by Crippen LogP contribution is -2.50. The Bertz CT molecular complexity index is 615. The SMILES string of the molecule is Cl.c1ccc(-n2cc(CN3CCN(C4CCNC4)CC3)cn2)cc1. The summed E-state index contributed by atoms with van der Waals surface area (Å²) in [4.78, 5) is 5.20. The van der Waals surface area contributed by atoms with Crippen molar-refractivity contribution in [3.05, 3.63) is 48.3 Å². The van der Waals surface area contributed by atoms with E-state index in [9.17, 15) is 0 Å². The number of hydrogen-bond acceptors (Lipinski definition) is 4. The second-order valence-electron chi connectivity index (χ2n) is 6.59. The lowest BCUT2D eigenvalue weighted by atomic mass is 10.2. The summed E-state index contributed by atoms with van der Waals surface area (Å²) in [5.74, 6) is 0. The van der Waals surface area contributed by atoms with Crippen LogP contribution in [0, 0.1) is 0 Å². The third-order valence-electron chi connectivity index (χ3n) is 5.02. The third-order valence-corrected chi connectivity index (χ3v) is 5.02. The van der Waals surface area contributed by atoms with Crippen LogP contribution in [0.25, 0.3) is 5.69 Å². The second kappa shape index (κ2) is 8.12. The molecule has 6 heteroatoms. The largest absolute Gasteiger partial charge is 0.315 e. The van der Waals surface area contributed by atoms with Gasteiger partial charge in [0, 0.05) is 57.1 Å². The Labute approximate surface area is 150 Å². The molecule has 0 saturated carbocycles. The predicted molar refractivity (Wildman–Crippen MR) is 98.9 cm³/mol. The first kappa shape index (κ1) is 17.4. The molecule has 2 aliphatic heterocycles. The molecule has 5 nitrogen and oxygen atoms in total. The zero-order valence-electron chi connectivity index (χ0n) is 14.0. The molecule has 0 amide bonds. The summed E-state index contributed by atoms with van der Waals surface area (Å²) in [6.07, 6.45) is 5.46. The molecule has 1 atom stereocenters. The summed E-state index contributed by atoms with van der Waals surface area (Å²) in [6, 6.07) is 11.1. The number of halogens is 1. The van der Waals surface area contributed by atoms with Crippen molar-refractivity contribution in [1.82, 2.24) is 24.9 Å². The van der Waals surface area contributed by atoms with Crippen LogP contribution in [0.4, 0.5) is 0 Å². The van der Waals surface area contributed by atoms with Gasteiger partial charge in [-0.3, -0.25) is 9.80 Å². The monoisotopic (exact) mass is 347 g/mol. The highest BCUT2D eigenvalue weighted by atomic mass is 35.5. The minimum absolute atomic E-state index is 0. The van der Waals surface area contributed by atoms with Crippen molar-refractivity contribution < 1.29 is 0 Å². The van der Waals surface area contributed by atoms with E-state index in [1.54, 1.807) is 0 Å². The molecule has 2 saturated heterocycles. The van der Waals surface area contributed by atoms with E-state index in [0.717, 1.165) is 31.4 Å². The zero-order chi connectivity index (χ0) is 15.5. The van der Waals surface area contributed by atoms with Gasteiger partial charge in [0.2, 0.25) is 0 Å². The molecular formula is C18H26ClN5. The summed E-state index contributed by atoms with van der Waals surface area (Å²) >= 11 is 0. The van der Waals surface area contributed by atoms with Crippen LogP contribution in [0.1, 0.15) is 12.0 Å². The molecule has 1 unspecified atom stereocenters. The fraction of sp³-hybridized carbons (Fsp3) is 0.500. The molecule has 1 N–H and O–H groups in total. The first-order chi connectivity index (χ1) is 11.4. The van der Waals surface area contributed by atoms with Crippen LogP contribution >= 0.6 is 12.4 Å². The van der Waals surface area contributed by atoms with Crippen molar-refractivity contribution in [1.29, 1.82) is 0 Å². The Morgan fingerprint density at radius 3 is 2.58 bits per heavy atom. The van der Waals surface area contributed by atoms with E-state index in [0.29, 0.717) is 0 Å². The van der Waals surface area contributed by atoms with Gasteiger partial charge in [0.05, 0.1) is 11.9 Å². The molecule has 2 fully saturated rings. The van der Waals surface area contributed by atoms with E-state index in [2.05, 4.69) is 38.5 Å². The second-order valence-corrected chi connectivity index (χ2v) is 6.59. The van der Waals surface area contributed by atoms with E-state index in [1.165, 1.54) is 38.2 Å². The quantitative estimate of drug-likeness (QED) is 0.914. The van der Waals surface area contributed by atoms with Gasteiger partial charge in [0.25, 0.3) is 0 Å². The maximum atomic E-state index is 4.50. The summed E-state index contributed by atoms with van der Waals surface area (Å²) in [5, 5.41) is 7.97. The molecule has 0 radical (unpaired) electrons. The van der Waals surface area contributed by atoms with E-state index in [1.807, 2.05) is 29.1 Å². The predicted octanol–water partition coefficient (Wildman–Crippen LogP) is 1.77. The van der Waals surface area contributed by atoms with E-state index >= 15 is 0 Å². The molecule has 2 aliphatic rings. The first-order valence-corrected chi connectivity index (χ1v) is 8.64. The van der Waals surface area contributed by atoms with Crippen molar-refractivity contribution in [3.63, 3.8) is 0 Å². The summed E-state index contributed by atoms with van der Waals surface area (Å²) in [7, 11) is 0. The van der Waals surface area contributed by atoms with Gasteiger partial charge in [-0.05, 0) is 25.1 Å².